The quantitative estimate of drug-likeness (QED) is 0.532. The SMILES string of the molecule is CCN(CCC(=O)NC(Cc1ccc(C)cc1)B(O)O)S(=O)CC. The van der Waals surface area contributed by atoms with Gasteiger partial charge in [0.25, 0.3) is 0 Å². The van der Waals surface area contributed by atoms with E-state index in [1.54, 1.807) is 4.31 Å². The van der Waals surface area contributed by atoms with Crippen molar-refractivity contribution in [3.63, 3.8) is 0 Å². The fourth-order valence-corrected chi connectivity index (χ4v) is 3.25. The minimum atomic E-state index is -1.64. The summed E-state index contributed by atoms with van der Waals surface area (Å²) in [7, 11) is -2.72. The van der Waals surface area contributed by atoms with Crippen molar-refractivity contribution in [2.75, 3.05) is 18.8 Å². The highest BCUT2D eigenvalue weighted by atomic mass is 32.2. The molecule has 0 aliphatic heterocycles. The summed E-state index contributed by atoms with van der Waals surface area (Å²) in [4.78, 5) is 12.1. The third-order valence-corrected chi connectivity index (χ3v) is 5.27. The molecule has 0 saturated carbocycles. The third-order valence-electron chi connectivity index (χ3n) is 3.76. The molecule has 0 fully saturated rings. The van der Waals surface area contributed by atoms with Gasteiger partial charge in [-0.05, 0) is 18.9 Å². The number of benzene rings is 1. The second-order valence-corrected chi connectivity index (χ2v) is 7.40. The topological polar surface area (TPSA) is 89.9 Å². The molecule has 2 unspecified atom stereocenters. The molecular weight excluding hydrogens is 327 g/mol. The Kier molecular flexibility index (Phi) is 9.21. The number of carbonyl (C=O) groups excluding carboxylic acids is 1. The van der Waals surface area contributed by atoms with E-state index in [1.165, 1.54) is 0 Å². The zero-order valence-corrected chi connectivity index (χ0v) is 15.4. The average molecular weight is 354 g/mol. The molecule has 0 aromatic heterocycles. The van der Waals surface area contributed by atoms with Crippen LogP contribution in [-0.2, 0) is 22.2 Å². The molecule has 1 amide bonds. The zero-order valence-electron chi connectivity index (χ0n) is 14.6. The van der Waals surface area contributed by atoms with Crippen molar-refractivity contribution in [2.45, 2.75) is 39.6 Å². The summed E-state index contributed by atoms with van der Waals surface area (Å²) in [5.41, 5.74) is 2.04. The molecule has 1 aromatic carbocycles. The average Bonchev–Trinajstić information content (AvgIpc) is 2.56. The van der Waals surface area contributed by atoms with Crippen molar-refractivity contribution in [1.82, 2.24) is 9.62 Å². The van der Waals surface area contributed by atoms with Gasteiger partial charge in [0.15, 0.2) is 0 Å². The standard InChI is InChI=1S/C16H27BN2O4S/c1-4-19(24(23)5-2)11-10-16(20)18-15(17(21)22)12-14-8-6-13(3)7-9-14/h6-9,15,21-22H,4-5,10-12H2,1-3H3,(H,18,20). The van der Waals surface area contributed by atoms with Crippen molar-refractivity contribution >= 4 is 24.0 Å². The van der Waals surface area contributed by atoms with E-state index in [-0.39, 0.29) is 12.3 Å². The maximum Gasteiger partial charge on any atom is 0.475 e. The lowest BCUT2D eigenvalue weighted by molar-refractivity contribution is -0.121. The van der Waals surface area contributed by atoms with Gasteiger partial charge in [-0.1, -0.05) is 43.7 Å². The van der Waals surface area contributed by atoms with Gasteiger partial charge in [0.2, 0.25) is 5.91 Å². The van der Waals surface area contributed by atoms with Crippen molar-refractivity contribution in [1.29, 1.82) is 0 Å². The van der Waals surface area contributed by atoms with Gasteiger partial charge >= 0.3 is 7.12 Å². The van der Waals surface area contributed by atoms with Crippen LogP contribution in [0.1, 0.15) is 31.4 Å². The van der Waals surface area contributed by atoms with Crippen molar-refractivity contribution in [3.05, 3.63) is 35.4 Å². The summed E-state index contributed by atoms with van der Waals surface area (Å²) in [6.07, 6.45) is 0.499. The number of carbonyl (C=O) groups is 1. The molecule has 1 aromatic rings. The smallest absolute Gasteiger partial charge is 0.426 e. The number of amides is 1. The molecule has 3 N–H and O–H groups in total. The van der Waals surface area contributed by atoms with Gasteiger partial charge in [0, 0.05) is 25.3 Å². The van der Waals surface area contributed by atoms with E-state index in [4.69, 9.17) is 0 Å². The van der Waals surface area contributed by atoms with Gasteiger partial charge in [-0.25, -0.2) is 8.51 Å². The molecule has 1 rings (SSSR count). The fraction of sp³-hybridized carbons (Fsp3) is 0.562. The maximum absolute atomic E-state index is 12.1. The van der Waals surface area contributed by atoms with E-state index in [2.05, 4.69) is 5.32 Å². The molecule has 0 aliphatic carbocycles. The van der Waals surface area contributed by atoms with E-state index in [1.807, 2.05) is 45.0 Å². The number of nitrogens with zero attached hydrogens (tertiary/aromatic N) is 1. The van der Waals surface area contributed by atoms with E-state index >= 15 is 0 Å². The number of nitrogens with one attached hydrogen (secondary N) is 1. The largest absolute Gasteiger partial charge is 0.475 e. The van der Waals surface area contributed by atoms with Gasteiger partial charge < -0.3 is 15.4 Å². The molecule has 0 aliphatic rings. The highest BCUT2D eigenvalue weighted by molar-refractivity contribution is 7.82. The first-order valence-electron chi connectivity index (χ1n) is 8.21. The number of hydrogen-bond acceptors (Lipinski definition) is 4. The first-order valence-corrected chi connectivity index (χ1v) is 9.49. The van der Waals surface area contributed by atoms with Crippen molar-refractivity contribution < 1.29 is 19.1 Å². The Hall–Kier alpha value is -1.22. The molecule has 0 radical (unpaired) electrons. The van der Waals surface area contributed by atoms with Crippen LogP contribution in [0.5, 0.6) is 0 Å². The fourth-order valence-electron chi connectivity index (χ4n) is 2.30. The van der Waals surface area contributed by atoms with Gasteiger partial charge in [-0.15, -0.1) is 0 Å². The predicted octanol–water partition coefficient (Wildman–Crippen LogP) is 0.430. The van der Waals surface area contributed by atoms with Gasteiger partial charge in [-0.3, -0.25) is 4.79 Å². The lowest BCUT2D eigenvalue weighted by Gasteiger charge is -2.21. The molecule has 0 heterocycles. The summed E-state index contributed by atoms with van der Waals surface area (Å²) >= 11 is 0. The van der Waals surface area contributed by atoms with E-state index in [0.29, 0.717) is 25.3 Å². The normalized spacial score (nSPS) is 13.6. The summed E-state index contributed by atoms with van der Waals surface area (Å²) in [6.45, 7) is 6.68. The van der Waals surface area contributed by atoms with Gasteiger partial charge in [-0.2, -0.15) is 0 Å². The van der Waals surface area contributed by atoms with Crippen LogP contribution in [0.25, 0.3) is 0 Å². The summed E-state index contributed by atoms with van der Waals surface area (Å²) in [5, 5.41) is 21.7. The van der Waals surface area contributed by atoms with Crippen LogP contribution >= 0.6 is 0 Å². The molecule has 24 heavy (non-hydrogen) atoms. The highest BCUT2D eigenvalue weighted by Crippen LogP contribution is 2.07. The molecular formula is C16H27BN2O4S. The molecule has 134 valence electrons. The molecule has 0 bridgehead atoms. The Morgan fingerprint density at radius 2 is 1.92 bits per heavy atom. The zero-order chi connectivity index (χ0) is 18.1. The van der Waals surface area contributed by atoms with Crippen molar-refractivity contribution in [2.24, 2.45) is 0 Å². The van der Waals surface area contributed by atoms with E-state index in [0.717, 1.165) is 11.1 Å². The molecule has 0 saturated heterocycles. The maximum atomic E-state index is 12.1. The van der Waals surface area contributed by atoms with E-state index < -0.39 is 24.0 Å². The lowest BCUT2D eigenvalue weighted by atomic mass is 9.76. The Labute approximate surface area is 147 Å². The van der Waals surface area contributed by atoms with Gasteiger partial charge in [0.05, 0.1) is 16.9 Å². The summed E-state index contributed by atoms with van der Waals surface area (Å²) < 4.78 is 13.5. The van der Waals surface area contributed by atoms with Crippen LogP contribution in [0.4, 0.5) is 0 Å². The molecule has 2 atom stereocenters. The van der Waals surface area contributed by atoms with Crippen LogP contribution in [-0.4, -0.2) is 56.4 Å². The first kappa shape index (κ1) is 20.8. The predicted molar refractivity (Wildman–Crippen MR) is 97.6 cm³/mol. The monoisotopic (exact) mass is 354 g/mol. The summed E-state index contributed by atoms with van der Waals surface area (Å²) in [5.74, 6) is -0.542. The van der Waals surface area contributed by atoms with Crippen LogP contribution < -0.4 is 5.32 Å². The third kappa shape index (κ3) is 7.13. The minimum Gasteiger partial charge on any atom is -0.426 e. The van der Waals surface area contributed by atoms with Crippen LogP contribution in [0.3, 0.4) is 0 Å². The Balaban J connectivity index is 2.56. The van der Waals surface area contributed by atoms with Crippen LogP contribution in [0.15, 0.2) is 24.3 Å². The highest BCUT2D eigenvalue weighted by Gasteiger charge is 2.25. The molecule has 8 heteroatoms. The first-order chi connectivity index (χ1) is 11.4. The van der Waals surface area contributed by atoms with Crippen LogP contribution in [0, 0.1) is 6.92 Å². The molecule has 6 nitrogen and oxygen atoms in total. The number of rotatable bonds is 10. The Bertz CT molecular complexity index is 539. The van der Waals surface area contributed by atoms with E-state index in [9.17, 15) is 19.1 Å². The summed E-state index contributed by atoms with van der Waals surface area (Å²) in [6, 6.07) is 7.69. The Morgan fingerprint density at radius 1 is 1.29 bits per heavy atom. The minimum absolute atomic E-state index is 0.163. The number of hydrogen-bond donors (Lipinski definition) is 3. The Morgan fingerprint density at radius 3 is 2.42 bits per heavy atom. The molecule has 0 spiro atoms. The van der Waals surface area contributed by atoms with Crippen LogP contribution in [0.2, 0.25) is 0 Å². The lowest BCUT2D eigenvalue weighted by Crippen LogP contribution is -2.48. The second kappa shape index (κ2) is 10.6. The number of aryl methyl sites for hydroxylation is 1. The van der Waals surface area contributed by atoms with Gasteiger partial charge in [0.1, 0.15) is 0 Å². The second-order valence-electron chi connectivity index (χ2n) is 5.66. The van der Waals surface area contributed by atoms with Crippen molar-refractivity contribution in [3.8, 4) is 0 Å².